The van der Waals surface area contributed by atoms with Crippen LogP contribution in [0.3, 0.4) is 0 Å². The molecule has 8 bridgehead atoms. The zero-order valence-electron chi connectivity index (χ0n) is 31.6. The van der Waals surface area contributed by atoms with Crippen LogP contribution < -0.4 is 0 Å². The molecule has 0 amide bonds. The van der Waals surface area contributed by atoms with E-state index in [0.29, 0.717) is 0 Å². The van der Waals surface area contributed by atoms with Crippen LogP contribution in [0, 0.1) is 0 Å². The van der Waals surface area contributed by atoms with Crippen molar-refractivity contribution in [2.75, 3.05) is 0 Å². The lowest BCUT2D eigenvalue weighted by atomic mass is 10.1. The molecule has 3 heterocycles. The second-order valence-corrected chi connectivity index (χ2v) is 15.1. The molecule has 0 saturated heterocycles. The molecule has 9 aromatic carbocycles. The maximum Gasteiger partial charge on any atom is 0.0561 e. The summed E-state index contributed by atoms with van der Waals surface area (Å²) in [5.74, 6) is 0. The molecule has 12 rings (SSSR count). The van der Waals surface area contributed by atoms with E-state index in [1.54, 1.807) is 0 Å². The average Bonchev–Trinajstić information content (AvgIpc) is 3.79. The van der Waals surface area contributed by atoms with Gasteiger partial charge in [0.1, 0.15) is 0 Å². The highest BCUT2D eigenvalue weighted by Crippen LogP contribution is 2.37. The van der Waals surface area contributed by atoms with Gasteiger partial charge in [-0.15, -0.1) is 0 Å². The van der Waals surface area contributed by atoms with Crippen molar-refractivity contribution in [1.29, 1.82) is 0 Å². The van der Waals surface area contributed by atoms with E-state index in [9.17, 15) is 0 Å². The highest BCUT2D eigenvalue weighted by molar-refractivity contribution is 6.13. The molecule has 4 nitrogen and oxygen atoms in total. The molecule has 0 fully saturated rings. The molecule has 0 radical (unpaired) electrons. The number of hydrogen-bond acceptors (Lipinski definition) is 0. The largest absolute Gasteiger partial charge is 0.310 e. The summed E-state index contributed by atoms with van der Waals surface area (Å²) in [6.07, 6.45) is 0. The van der Waals surface area contributed by atoms with Crippen LogP contribution in [0.4, 0.5) is 0 Å². The predicted octanol–water partition coefficient (Wildman–Crippen LogP) is 14.0. The molecular formula is C54H36N4. The van der Waals surface area contributed by atoms with Gasteiger partial charge in [0.05, 0.1) is 22.1 Å². The van der Waals surface area contributed by atoms with Crippen molar-refractivity contribution in [3.63, 3.8) is 0 Å². The minimum atomic E-state index is 1.09. The van der Waals surface area contributed by atoms with E-state index in [1.807, 2.05) is 0 Å². The minimum Gasteiger partial charge on any atom is -0.310 e. The van der Waals surface area contributed by atoms with E-state index in [4.69, 9.17) is 0 Å². The summed E-state index contributed by atoms with van der Waals surface area (Å²) in [6.45, 7) is 0. The van der Waals surface area contributed by atoms with Gasteiger partial charge < -0.3 is 18.3 Å². The van der Waals surface area contributed by atoms with Crippen LogP contribution in [0.25, 0.3) is 99.2 Å². The highest BCUT2D eigenvalue weighted by Gasteiger charge is 2.17. The second kappa shape index (κ2) is 12.9. The van der Waals surface area contributed by atoms with Crippen LogP contribution >= 0.6 is 0 Å². The molecule has 0 atom stereocenters. The minimum absolute atomic E-state index is 1.09. The SMILES string of the molecule is c1ccc(-n2c3cccc(c3)c3cccc(c3)n(-c3ccc4c5ccccc5n(-c5ccccc5)c4c3)c3ccc4c(c3)c3cc2ccc3n4-c2ccccc2)cc1. The summed E-state index contributed by atoms with van der Waals surface area (Å²) in [4.78, 5) is 0. The number of para-hydroxylation sites is 4. The Bertz CT molecular complexity index is 3600. The normalized spacial score (nSPS) is 11.8. The van der Waals surface area contributed by atoms with Crippen molar-refractivity contribution in [1.82, 2.24) is 18.3 Å². The molecule has 58 heavy (non-hydrogen) atoms. The van der Waals surface area contributed by atoms with Gasteiger partial charge in [-0.1, -0.05) is 103 Å². The van der Waals surface area contributed by atoms with Gasteiger partial charge in [0.2, 0.25) is 0 Å². The lowest BCUT2D eigenvalue weighted by Crippen LogP contribution is -1.99. The van der Waals surface area contributed by atoms with E-state index >= 15 is 0 Å². The Labute approximate surface area is 334 Å². The molecule has 0 unspecified atom stereocenters. The molecule has 0 N–H and O–H groups in total. The van der Waals surface area contributed by atoms with E-state index in [0.717, 1.165) is 61.1 Å². The molecule has 0 spiro atoms. The molecule has 3 aromatic heterocycles. The Balaban J connectivity index is 1.26. The van der Waals surface area contributed by atoms with Crippen molar-refractivity contribution in [3.8, 4) is 22.7 Å². The van der Waals surface area contributed by atoms with Crippen LogP contribution in [0.5, 0.6) is 0 Å². The van der Waals surface area contributed by atoms with Gasteiger partial charge in [0.15, 0.2) is 0 Å². The average molecular weight is 741 g/mol. The predicted molar refractivity (Wildman–Crippen MR) is 244 cm³/mol. The topological polar surface area (TPSA) is 19.7 Å². The first-order valence-corrected chi connectivity index (χ1v) is 19.8. The van der Waals surface area contributed by atoms with E-state index in [1.165, 1.54) is 38.1 Å². The molecule has 4 heteroatoms. The third kappa shape index (κ3) is 5.02. The van der Waals surface area contributed by atoms with Crippen molar-refractivity contribution in [2.45, 2.75) is 0 Å². The fourth-order valence-electron chi connectivity index (χ4n) is 9.21. The summed E-state index contributed by atoms with van der Waals surface area (Å²) >= 11 is 0. The van der Waals surface area contributed by atoms with Crippen LogP contribution in [0.2, 0.25) is 0 Å². The first-order valence-electron chi connectivity index (χ1n) is 19.8. The van der Waals surface area contributed by atoms with Crippen LogP contribution in [0.1, 0.15) is 0 Å². The summed E-state index contributed by atoms with van der Waals surface area (Å²) in [7, 11) is 0. The Morgan fingerprint density at radius 1 is 0.207 bits per heavy atom. The smallest absolute Gasteiger partial charge is 0.0561 e. The van der Waals surface area contributed by atoms with Crippen molar-refractivity contribution < 1.29 is 0 Å². The summed E-state index contributed by atoms with van der Waals surface area (Å²) < 4.78 is 9.61. The monoisotopic (exact) mass is 740 g/mol. The Kier molecular flexibility index (Phi) is 7.20. The molecule has 272 valence electrons. The number of benzene rings is 9. The number of aromatic nitrogens is 4. The summed E-state index contributed by atoms with van der Waals surface area (Å²) in [5, 5.41) is 7.17. The number of fused-ring (bicyclic) bond motifs is 10. The van der Waals surface area contributed by atoms with Crippen LogP contribution in [-0.4, -0.2) is 18.3 Å². The summed E-state index contributed by atoms with van der Waals surface area (Å²) in [6, 6.07) is 79.7. The highest BCUT2D eigenvalue weighted by atomic mass is 15.0. The van der Waals surface area contributed by atoms with E-state index in [2.05, 4.69) is 237 Å². The standard InChI is InChI=1S/C54H36N4/c1-4-16-39(17-5-1)55-42-22-12-14-37(32-42)38-15-13-23-43(33-38)56(46-26-29-48-47-24-10-11-25-51(47)58(54(48)36-46)41-20-8-3-9-21-41)45-28-31-53-50(35-45)49-34-44(55)27-30-52(49)57(53)40-18-6-2-7-19-40/h1-36H. The van der Waals surface area contributed by atoms with Crippen LogP contribution in [-0.2, 0) is 0 Å². The fraction of sp³-hybridized carbons (Fsp3) is 0. The van der Waals surface area contributed by atoms with Gasteiger partial charge in [-0.2, -0.15) is 0 Å². The Hall–Kier alpha value is -7.82. The van der Waals surface area contributed by atoms with Crippen LogP contribution in [0.15, 0.2) is 218 Å². The lowest BCUT2D eigenvalue weighted by molar-refractivity contribution is 1.14. The number of hydrogen-bond donors (Lipinski definition) is 0. The van der Waals surface area contributed by atoms with Gasteiger partial charge in [-0.05, 0) is 126 Å². The zero-order valence-corrected chi connectivity index (χ0v) is 31.6. The number of nitrogens with zero attached hydrogens (tertiary/aromatic N) is 4. The quantitative estimate of drug-likeness (QED) is 0.171. The van der Waals surface area contributed by atoms with Crippen molar-refractivity contribution in [2.24, 2.45) is 0 Å². The third-order valence-electron chi connectivity index (χ3n) is 11.7. The van der Waals surface area contributed by atoms with E-state index in [-0.39, 0.29) is 0 Å². The first kappa shape index (κ1) is 32.4. The van der Waals surface area contributed by atoms with E-state index < -0.39 is 0 Å². The molecule has 0 aliphatic carbocycles. The first-order chi connectivity index (χ1) is 28.8. The summed E-state index contributed by atoms with van der Waals surface area (Å²) in [5.41, 5.74) is 13.6. The van der Waals surface area contributed by atoms with Gasteiger partial charge in [-0.3, -0.25) is 0 Å². The van der Waals surface area contributed by atoms with Gasteiger partial charge in [-0.25, -0.2) is 0 Å². The molecule has 0 aliphatic heterocycles. The molecular weight excluding hydrogens is 705 g/mol. The fourth-order valence-corrected chi connectivity index (χ4v) is 9.21. The lowest BCUT2D eigenvalue weighted by Gasteiger charge is -2.14. The molecule has 0 aliphatic rings. The molecule has 12 aromatic rings. The van der Waals surface area contributed by atoms with Gasteiger partial charge >= 0.3 is 0 Å². The van der Waals surface area contributed by atoms with Crippen molar-refractivity contribution >= 4 is 76.5 Å². The maximum absolute atomic E-state index is 2.43. The zero-order chi connectivity index (χ0) is 38.2. The maximum atomic E-state index is 2.43. The third-order valence-corrected chi connectivity index (χ3v) is 11.7. The Morgan fingerprint density at radius 2 is 0.638 bits per heavy atom. The van der Waals surface area contributed by atoms with Crippen molar-refractivity contribution in [3.05, 3.63) is 218 Å². The Morgan fingerprint density at radius 3 is 1.21 bits per heavy atom. The number of rotatable bonds is 4. The molecule has 0 saturated carbocycles. The van der Waals surface area contributed by atoms with Gasteiger partial charge in [0.25, 0.3) is 0 Å². The second-order valence-electron chi connectivity index (χ2n) is 15.1. The van der Waals surface area contributed by atoms with Gasteiger partial charge in [0, 0.05) is 66.4 Å².